The van der Waals surface area contributed by atoms with Crippen LogP contribution in [0.15, 0.2) is 29.5 Å². The normalized spacial score (nSPS) is 10.7. The van der Waals surface area contributed by atoms with Gasteiger partial charge in [0.25, 0.3) is 0 Å². The summed E-state index contributed by atoms with van der Waals surface area (Å²) in [6.45, 7) is 4.71. The Bertz CT molecular complexity index is 689. The van der Waals surface area contributed by atoms with Gasteiger partial charge in [-0.1, -0.05) is 0 Å². The molecule has 2 aromatic heterocycles. The number of aryl methyl sites for hydroxylation is 2. The average molecular weight is 460 g/mol. The zero-order valence-corrected chi connectivity index (χ0v) is 16.9. The molecule has 0 saturated carbocycles. The number of carbonyl (C=O) groups excluding carboxylic acids is 1. The van der Waals surface area contributed by atoms with Crippen molar-refractivity contribution in [1.29, 1.82) is 0 Å². The van der Waals surface area contributed by atoms with Gasteiger partial charge in [0.05, 0.1) is 35.7 Å². The summed E-state index contributed by atoms with van der Waals surface area (Å²) in [6.07, 6.45) is 3.25. The fourth-order valence-corrected chi connectivity index (χ4v) is 2.80. The first-order valence-electron chi connectivity index (χ1n) is 7.16. The Balaban J connectivity index is 0.00000288. The molecular formula is C15H21IN6OS. The van der Waals surface area contributed by atoms with Gasteiger partial charge < -0.3 is 16.0 Å². The van der Waals surface area contributed by atoms with Gasteiger partial charge in [-0.2, -0.15) is 0 Å². The quantitative estimate of drug-likeness (QED) is 0.361. The molecule has 3 N–H and O–H groups in total. The second kappa shape index (κ2) is 10.2. The molecule has 0 aliphatic heterocycles. The van der Waals surface area contributed by atoms with E-state index < -0.39 is 0 Å². The monoisotopic (exact) mass is 460 g/mol. The number of carbonyl (C=O) groups is 1. The van der Waals surface area contributed by atoms with E-state index in [1.54, 1.807) is 42.9 Å². The summed E-state index contributed by atoms with van der Waals surface area (Å²) in [4.78, 5) is 25.5. The van der Waals surface area contributed by atoms with Crippen LogP contribution in [-0.2, 0) is 11.3 Å². The maximum absolute atomic E-state index is 11.9. The van der Waals surface area contributed by atoms with Crippen LogP contribution in [0.4, 0.5) is 5.69 Å². The van der Waals surface area contributed by atoms with Gasteiger partial charge in [-0.05, 0) is 26.0 Å². The van der Waals surface area contributed by atoms with Crippen LogP contribution >= 0.6 is 35.3 Å². The maximum atomic E-state index is 11.9. The number of anilines is 1. The summed E-state index contributed by atoms with van der Waals surface area (Å²) >= 11 is 1.65. The first-order chi connectivity index (χ1) is 11.1. The van der Waals surface area contributed by atoms with Crippen molar-refractivity contribution >= 4 is 52.9 Å². The van der Waals surface area contributed by atoms with Gasteiger partial charge in [0.1, 0.15) is 0 Å². The Morgan fingerprint density at radius 1 is 1.33 bits per heavy atom. The second-order valence-electron chi connectivity index (χ2n) is 4.81. The number of thiazole rings is 1. The lowest BCUT2D eigenvalue weighted by molar-refractivity contribution is -0.115. The van der Waals surface area contributed by atoms with Gasteiger partial charge in [-0.25, -0.2) is 4.98 Å². The number of amides is 1. The van der Waals surface area contributed by atoms with E-state index in [4.69, 9.17) is 0 Å². The summed E-state index contributed by atoms with van der Waals surface area (Å²) in [5, 5.41) is 9.95. The zero-order chi connectivity index (χ0) is 16.7. The van der Waals surface area contributed by atoms with Crippen molar-refractivity contribution in [3.8, 4) is 0 Å². The Morgan fingerprint density at radius 3 is 2.71 bits per heavy atom. The fourth-order valence-electron chi connectivity index (χ4n) is 1.93. The van der Waals surface area contributed by atoms with Crippen LogP contribution < -0.4 is 16.0 Å². The standard InChI is InChI=1S/C15H20N6OS.HI/c1-10-13(23-11(2)20-10)8-18-15(16-3)19-9-14(22)21-12-5-4-6-17-7-12;/h4-7H,8-9H2,1-3H3,(H,21,22)(H2,16,18,19);1H. The van der Waals surface area contributed by atoms with Gasteiger partial charge in [0.15, 0.2) is 5.96 Å². The highest BCUT2D eigenvalue weighted by Crippen LogP contribution is 2.16. The van der Waals surface area contributed by atoms with Gasteiger partial charge in [-0.3, -0.25) is 14.8 Å². The number of nitrogens with one attached hydrogen (secondary N) is 3. The van der Waals surface area contributed by atoms with Gasteiger partial charge in [0, 0.05) is 18.1 Å². The third kappa shape index (κ3) is 6.40. The smallest absolute Gasteiger partial charge is 0.243 e. The molecule has 24 heavy (non-hydrogen) atoms. The molecule has 0 fully saturated rings. The van der Waals surface area contributed by atoms with Gasteiger partial charge in [0.2, 0.25) is 5.91 Å². The van der Waals surface area contributed by atoms with E-state index in [-0.39, 0.29) is 36.4 Å². The lowest BCUT2D eigenvalue weighted by Crippen LogP contribution is -2.41. The molecule has 130 valence electrons. The van der Waals surface area contributed by atoms with Crippen molar-refractivity contribution in [2.24, 2.45) is 4.99 Å². The van der Waals surface area contributed by atoms with Gasteiger partial charge >= 0.3 is 0 Å². The van der Waals surface area contributed by atoms with Crippen LogP contribution in [0.1, 0.15) is 15.6 Å². The highest BCUT2D eigenvalue weighted by molar-refractivity contribution is 14.0. The number of halogens is 1. The van der Waals surface area contributed by atoms with Crippen LogP contribution in [0.25, 0.3) is 0 Å². The number of aromatic nitrogens is 2. The highest BCUT2D eigenvalue weighted by Gasteiger charge is 2.07. The fraction of sp³-hybridized carbons (Fsp3) is 0.333. The molecule has 7 nitrogen and oxygen atoms in total. The molecule has 1 amide bonds. The largest absolute Gasteiger partial charge is 0.351 e. The van der Waals surface area contributed by atoms with Crippen molar-refractivity contribution in [2.75, 3.05) is 18.9 Å². The minimum Gasteiger partial charge on any atom is -0.351 e. The Morgan fingerprint density at radius 2 is 2.12 bits per heavy atom. The van der Waals surface area contributed by atoms with Crippen LogP contribution in [-0.4, -0.2) is 35.4 Å². The van der Waals surface area contributed by atoms with Crippen molar-refractivity contribution in [3.63, 3.8) is 0 Å². The first-order valence-corrected chi connectivity index (χ1v) is 7.97. The topological polar surface area (TPSA) is 91.3 Å². The molecule has 0 aliphatic rings. The highest BCUT2D eigenvalue weighted by atomic mass is 127. The number of aliphatic imine (C=N–C) groups is 1. The van der Waals surface area contributed by atoms with E-state index in [9.17, 15) is 4.79 Å². The summed E-state index contributed by atoms with van der Waals surface area (Å²) in [6, 6.07) is 3.55. The number of nitrogens with zero attached hydrogens (tertiary/aromatic N) is 3. The number of hydrogen-bond acceptors (Lipinski definition) is 5. The lowest BCUT2D eigenvalue weighted by atomic mass is 10.4. The molecule has 2 aromatic rings. The molecule has 0 aliphatic carbocycles. The van der Waals surface area contributed by atoms with E-state index in [0.29, 0.717) is 18.2 Å². The second-order valence-corrected chi connectivity index (χ2v) is 6.10. The minimum atomic E-state index is -0.161. The molecule has 0 atom stereocenters. The number of guanidine groups is 1. The van der Waals surface area contributed by atoms with Crippen molar-refractivity contribution in [3.05, 3.63) is 40.1 Å². The van der Waals surface area contributed by atoms with E-state index in [1.807, 2.05) is 13.8 Å². The molecule has 0 aromatic carbocycles. The molecule has 0 saturated heterocycles. The zero-order valence-electron chi connectivity index (χ0n) is 13.8. The third-order valence-electron chi connectivity index (χ3n) is 3.00. The Hall–Kier alpha value is -1.75. The third-order valence-corrected chi connectivity index (χ3v) is 4.07. The van der Waals surface area contributed by atoms with E-state index in [0.717, 1.165) is 15.6 Å². The maximum Gasteiger partial charge on any atom is 0.243 e. The molecule has 0 radical (unpaired) electrons. The number of pyridine rings is 1. The van der Waals surface area contributed by atoms with Crippen molar-refractivity contribution in [2.45, 2.75) is 20.4 Å². The number of rotatable bonds is 5. The van der Waals surface area contributed by atoms with E-state index in [2.05, 4.69) is 30.9 Å². The molecule has 2 rings (SSSR count). The van der Waals surface area contributed by atoms with Crippen LogP contribution in [0, 0.1) is 13.8 Å². The first kappa shape index (κ1) is 20.3. The molecular weight excluding hydrogens is 439 g/mol. The Kier molecular flexibility index (Phi) is 8.61. The number of hydrogen-bond donors (Lipinski definition) is 3. The van der Waals surface area contributed by atoms with Crippen molar-refractivity contribution in [1.82, 2.24) is 20.6 Å². The molecule has 9 heteroatoms. The predicted octanol–water partition coefficient (Wildman–Crippen LogP) is 2.08. The molecule has 0 bridgehead atoms. The van der Waals surface area contributed by atoms with E-state index >= 15 is 0 Å². The Labute approximate surface area is 162 Å². The van der Waals surface area contributed by atoms with Crippen LogP contribution in [0.2, 0.25) is 0 Å². The lowest BCUT2D eigenvalue weighted by Gasteiger charge is -2.11. The van der Waals surface area contributed by atoms with Crippen LogP contribution in [0.5, 0.6) is 0 Å². The molecule has 2 heterocycles. The summed E-state index contributed by atoms with van der Waals surface area (Å²) in [7, 11) is 1.67. The van der Waals surface area contributed by atoms with Crippen molar-refractivity contribution < 1.29 is 4.79 Å². The predicted molar refractivity (Wildman–Crippen MR) is 108 cm³/mol. The summed E-state index contributed by atoms with van der Waals surface area (Å²) < 4.78 is 0. The van der Waals surface area contributed by atoms with Crippen LogP contribution in [0.3, 0.4) is 0 Å². The summed E-state index contributed by atoms with van der Waals surface area (Å²) in [5.74, 6) is 0.405. The summed E-state index contributed by atoms with van der Waals surface area (Å²) in [5.41, 5.74) is 1.68. The SMILES string of the molecule is CN=C(NCC(=O)Nc1cccnc1)NCc1sc(C)nc1C.I. The van der Waals surface area contributed by atoms with E-state index in [1.165, 1.54) is 0 Å². The molecule has 0 spiro atoms. The minimum absolute atomic E-state index is 0. The molecule has 0 unspecified atom stereocenters. The van der Waals surface area contributed by atoms with Gasteiger partial charge in [-0.15, -0.1) is 35.3 Å². The average Bonchev–Trinajstić information content (AvgIpc) is 2.86.